The summed E-state index contributed by atoms with van der Waals surface area (Å²) in [4.78, 5) is 0. The second kappa shape index (κ2) is 4.94. The lowest BCUT2D eigenvalue weighted by molar-refractivity contribution is -0.137. The third-order valence-electron chi connectivity index (χ3n) is 3.51. The molecule has 3 rings (SSSR count). The van der Waals surface area contributed by atoms with E-state index in [0.717, 1.165) is 6.07 Å². The fourth-order valence-electron chi connectivity index (χ4n) is 2.45. The number of halogens is 3. The number of phenolic OH excluding ortho intramolecular Hbond substituents is 2. The second-order valence-electron chi connectivity index (χ2n) is 4.91. The normalized spacial score (nSPS) is 11.8. The van der Waals surface area contributed by atoms with E-state index >= 15 is 0 Å². The largest absolute Gasteiger partial charge is 0.504 e. The Balaban J connectivity index is 2.22. The molecular formula is C17H11F3O2. The Kier molecular flexibility index (Phi) is 3.20. The second-order valence-corrected chi connectivity index (χ2v) is 4.91. The Hall–Kier alpha value is -2.69. The predicted molar refractivity (Wildman–Crippen MR) is 77.7 cm³/mol. The van der Waals surface area contributed by atoms with Crippen molar-refractivity contribution < 1.29 is 23.4 Å². The highest BCUT2D eigenvalue weighted by atomic mass is 19.4. The van der Waals surface area contributed by atoms with Crippen LogP contribution in [0, 0.1) is 0 Å². The molecule has 112 valence electrons. The molecule has 0 aliphatic heterocycles. The average Bonchev–Trinajstić information content (AvgIpc) is 2.50. The van der Waals surface area contributed by atoms with Crippen molar-refractivity contribution in [2.24, 2.45) is 0 Å². The molecule has 0 aliphatic carbocycles. The molecule has 3 aromatic carbocycles. The van der Waals surface area contributed by atoms with Gasteiger partial charge >= 0.3 is 6.18 Å². The summed E-state index contributed by atoms with van der Waals surface area (Å²) in [6.45, 7) is 0. The number of phenols is 2. The van der Waals surface area contributed by atoms with Gasteiger partial charge in [0.15, 0.2) is 11.5 Å². The first-order valence-electron chi connectivity index (χ1n) is 6.49. The van der Waals surface area contributed by atoms with Gasteiger partial charge in [0.2, 0.25) is 0 Å². The van der Waals surface area contributed by atoms with E-state index in [1.807, 2.05) is 0 Å². The van der Waals surface area contributed by atoms with Gasteiger partial charge in [-0.25, -0.2) is 0 Å². The van der Waals surface area contributed by atoms with E-state index in [1.54, 1.807) is 18.2 Å². The first-order chi connectivity index (χ1) is 10.4. The summed E-state index contributed by atoms with van der Waals surface area (Å²) >= 11 is 0. The minimum atomic E-state index is -4.44. The van der Waals surface area contributed by atoms with E-state index in [0.29, 0.717) is 16.3 Å². The third kappa shape index (κ3) is 2.35. The van der Waals surface area contributed by atoms with Crippen LogP contribution in [0.25, 0.3) is 21.9 Å². The van der Waals surface area contributed by atoms with Crippen LogP contribution < -0.4 is 0 Å². The van der Waals surface area contributed by atoms with E-state index in [1.165, 1.54) is 30.3 Å². The molecule has 2 N–H and O–H groups in total. The fourth-order valence-corrected chi connectivity index (χ4v) is 2.45. The molecule has 0 saturated carbocycles. The molecular weight excluding hydrogens is 293 g/mol. The molecule has 3 aromatic rings. The number of hydrogen-bond donors (Lipinski definition) is 2. The Morgan fingerprint density at radius 3 is 2.27 bits per heavy atom. The molecule has 0 aliphatic rings. The van der Waals surface area contributed by atoms with Crippen molar-refractivity contribution in [3.63, 3.8) is 0 Å². The standard InChI is InChI=1S/C17H11F3O2/c18-17(19,20)14-4-2-1-3-12(14)10-5-7-13-11(9-10)6-8-15(21)16(13)22/h1-9,21-22H. The van der Waals surface area contributed by atoms with Crippen LogP contribution >= 0.6 is 0 Å². The minimum Gasteiger partial charge on any atom is -0.504 e. The van der Waals surface area contributed by atoms with Gasteiger partial charge in [-0.05, 0) is 40.8 Å². The van der Waals surface area contributed by atoms with Gasteiger partial charge in [-0.3, -0.25) is 0 Å². The molecule has 0 aromatic heterocycles. The smallest absolute Gasteiger partial charge is 0.417 e. The highest BCUT2D eigenvalue weighted by Gasteiger charge is 2.33. The van der Waals surface area contributed by atoms with Crippen LogP contribution in [0.2, 0.25) is 0 Å². The van der Waals surface area contributed by atoms with Crippen molar-refractivity contribution in [2.45, 2.75) is 6.18 Å². The molecule has 0 atom stereocenters. The molecule has 22 heavy (non-hydrogen) atoms. The average molecular weight is 304 g/mol. The third-order valence-corrected chi connectivity index (χ3v) is 3.51. The summed E-state index contributed by atoms with van der Waals surface area (Å²) in [7, 11) is 0. The van der Waals surface area contributed by atoms with Crippen molar-refractivity contribution in [1.82, 2.24) is 0 Å². The lowest BCUT2D eigenvalue weighted by Gasteiger charge is -2.13. The first kappa shape index (κ1) is 14.3. The zero-order valence-corrected chi connectivity index (χ0v) is 11.2. The topological polar surface area (TPSA) is 40.5 Å². The number of fused-ring (bicyclic) bond motifs is 1. The molecule has 0 spiro atoms. The van der Waals surface area contributed by atoms with Crippen molar-refractivity contribution in [3.8, 4) is 22.6 Å². The van der Waals surface area contributed by atoms with E-state index in [2.05, 4.69) is 0 Å². The van der Waals surface area contributed by atoms with Crippen LogP contribution in [0.5, 0.6) is 11.5 Å². The van der Waals surface area contributed by atoms with Gasteiger partial charge in [-0.1, -0.05) is 30.3 Å². The summed E-state index contributed by atoms with van der Waals surface area (Å²) in [6.07, 6.45) is -4.44. The minimum absolute atomic E-state index is 0.0736. The zero-order valence-electron chi connectivity index (χ0n) is 11.2. The number of aromatic hydroxyl groups is 2. The molecule has 0 heterocycles. The summed E-state index contributed by atoms with van der Waals surface area (Å²) < 4.78 is 39.3. The fraction of sp³-hybridized carbons (Fsp3) is 0.0588. The van der Waals surface area contributed by atoms with Gasteiger partial charge in [-0.2, -0.15) is 13.2 Å². The number of alkyl halides is 3. The lowest BCUT2D eigenvalue weighted by Crippen LogP contribution is -2.06. The highest BCUT2D eigenvalue weighted by molar-refractivity contribution is 5.93. The van der Waals surface area contributed by atoms with E-state index in [4.69, 9.17) is 0 Å². The van der Waals surface area contributed by atoms with Gasteiger partial charge in [0.05, 0.1) is 5.56 Å². The number of hydrogen-bond acceptors (Lipinski definition) is 2. The van der Waals surface area contributed by atoms with Crippen LogP contribution in [0.3, 0.4) is 0 Å². The first-order valence-corrected chi connectivity index (χ1v) is 6.49. The molecule has 0 saturated heterocycles. The van der Waals surface area contributed by atoms with Crippen LogP contribution in [0.15, 0.2) is 54.6 Å². The lowest BCUT2D eigenvalue weighted by atomic mass is 9.96. The van der Waals surface area contributed by atoms with Gasteiger partial charge in [-0.15, -0.1) is 0 Å². The van der Waals surface area contributed by atoms with Gasteiger partial charge in [0, 0.05) is 5.39 Å². The predicted octanol–water partition coefficient (Wildman–Crippen LogP) is 4.94. The van der Waals surface area contributed by atoms with Crippen LogP contribution in [-0.4, -0.2) is 10.2 Å². The van der Waals surface area contributed by atoms with Crippen LogP contribution in [0.4, 0.5) is 13.2 Å². The Morgan fingerprint density at radius 1 is 0.818 bits per heavy atom. The maximum Gasteiger partial charge on any atom is 0.417 e. The van der Waals surface area contributed by atoms with Crippen molar-refractivity contribution in [1.29, 1.82) is 0 Å². The Morgan fingerprint density at radius 2 is 1.55 bits per heavy atom. The molecule has 5 heteroatoms. The van der Waals surface area contributed by atoms with E-state index < -0.39 is 11.7 Å². The maximum absolute atomic E-state index is 13.1. The summed E-state index contributed by atoms with van der Waals surface area (Å²) in [5, 5.41) is 20.2. The van der Waals surface area contributed by atoms with Crippen LogP contribution in [0.1, 0.15) is 5.56 Å². The number of rotatable bonds is 1. The van der Waals surface area contributed by atoms with Gasteiger partial charge in [0.1, 0.15) is 0 Å². The molecule has 0 fully saturated rings. The van der Waals surface area contributed by atoms with E-state index in [9.17, 15) is 23.4 Å². The quantitative estimate of drug-likeness (QED) is 0.625. The molecule has 0 unspecified atom stereocenters. The van der Waals surface area contributed by atoms with Gasteiger partial charge < -0.3 is 10.2 Å². The van der Waals surface area contributed by atoms with Crippen molar-refractivity contribution in [2.75, 3.05) is 0 Å². The van der Waals surface area contributed by atoms with Crippen molar-refractivity contribution in [3.05, 3.63) is 60.2 Å². The molecule has 0 amide bonds. The molecule has 0 bridgehead atoms. The van der Waals surface area contributed by atoms with Crippen molar-refractivity contribution >= 4 is 10.8 Å². The molecule has 2 nitrogen and oxygen atoms in total. The number of benzene rings is 3. The SMILES string of the molecule is Oc1ccc2cc(-c3ccccc3C(F)(F)F)ccc2c1O. The van der Waals surface area contributed by atoms with E-state index in [-0.39, 0.29) is 17.1 Å². The summed E-state index contributed by atoms with van der Waals surface area (Å²) in [6, 6.07) is 12.7. The summed E-state index contributed by atoms with van der Waals surface area (Å²) in [5.41, 5.74) is -0.243. The van der Waals surface area contributed by atoms with Gasteiger partial charge in [0.25, 0.3) is 0 Å². The van der Waals surface area contributed by atoms with Crippen LogP contribution in [-0.2, 0) is 6.18 Å². The maximum atomic E-state index is 13.1. The Bertz CT molecular complexity index is 854. The zero-order chi connectivity index (χ0) is 15.9. The Labute approximate surface area is 124 Å². The monoisotopic (exact) mass is 304 g/mol. The highest BCUT2D eigenvalue weighted by Crippen LogP contribution is 2.39. The summed E-state index contributed by atoms with van der Waals surface area (Å²) in [5.74, 6) is -0.552. The molecule has 0 radical (unpaired) electrons.